The monoisotopic (exact) mass is 1070 g/mol. The Morgan fingerprint density at radius 1 is 0.275 bits per heavy atom. The fraction of sp³-hybridized carbons (Fsp3) is 0.265. The zero-order valence-corrected chi connectivity index (χ0v) is 44.4. The third-order valence-corrected chi connectivity index (χ3v) is 14.2. The van der Waals surface area contributed by atoms with E-state index in [1.54, 1.807) is 48.5 Å². The Balaban J connectivity index is 1.11. The highest BCUT2D eigenvalue weighted by atomic mass is 16.7. The van der Waals surface area contributed by atoms with Gasteiger partial charge in [0.05, 0.1) is 50.8 Å². The Morgan fingerprint density at radius 2 is 0.487 bits per heavy atom. The van der Waals surface area contributed by atoms with Crippen molar-refractivity contribution >= 4 is 11.9 Å². The second kappa shape index (κ2) is 29.0. The topological polar surface area (TPSA) is 126 Å². The van der Waals surface area contributed by atoms with Gasteiger partial charge < -0.3 is 47.4 Å². The largest absolute Gasteiger partial charge is 0.459 e. The molecule has 12 nitrogen and oxygen atoms in total. The van der Waals surface area contributed by atoms with E-state index < -0.39 is 73.0 Å². The van der Waals surface area contributed by atoms with Crippen molar-refractivity contribution in [2.24, 2.45) is 0 Å². The Hall–Kier alpha value is -7.62. The lowest BCUT2D eigenvalue weighted by Crippen LogP contribution is -2.70. The van der Waals surface area contributed by atoms with Gasteiger partial charge >= 0.3 is 11.9 Å². The average molecular weight is 1080 g/mol. The molecule has 2 aliphatic rings. The standard InChI is InChI=1S/C68H66O12/c69-67(55-37-21-7-22-38-55)77-47-57-59(71-41-49-25-9-1-10-26-49)61(73-43-51-29-13-3-14-30-51)63(75-45-53-33-17-5-18-34-53)65(79-57)66-64(76-46-54-35-19-6-20-36-54)62(74-44-52-31-15-4-16-32-52)60(72-42-50-27-11-2-12-28-50)58(80-66)48-78-68(70)56-39-23-8-24-40-56/h1-40,57-66H,41-48H2. The van der Waals surface area contributed by atoms with Crippen LogP contribution in [0.1, 0.15) is 54.1 Å². The molecule has 2 aliphatic heterocycles. The summed E-state index contributed by atoms with van der Waals surface area (Å²) in [7, 11) is 0. The van der Waals surface area contributed by atoms with Gasteiger partial charge in [-0.1, -0.05) is 218 Å². The highest BCUT2D eigenvalue weighted by Crippen LogP contribution is 2.40. The number of rotatable bonds is 25. The SMILES string of the molecule is O=C(OCC1OC(C2OC(COC(=O)c3ccccc3)C(OCc3ccccc3)C(OCc3ccccc3)C2OCc2ccccc2)C(OCc2ccccc2)C(OCc2ccccc2)C1OCc1ccccc1)c1ccccc1. The van der Waals surface area contributed by atoms with Gasteiger partial charge in [-0.15, -0.1) is 0 Å². The lowest BCUT2D eigenvalue weighted by atomic mass is 9.84. The van der Waals surface area contributed by atoms with E-state index in [4.69, 9.17) is 47.4 Å². The van der Waals surface area contributed by atoms with Crippen LogP contribution in [0, 0.1) is 0 Å². The predicted octanol–water partition coefficient (Wildman–Crippen LogP) is 11.7. The highest BCUT2D eigenvalue weighted by Gasteiger charge is 2.58. The summed E-state index contributed by atoms with van der Waals surface area (Å²) in [5.41, 5.74) is 6.21. The van der Waals surface area contributed by atoms with Crippen LogP contribution in [0.25, 0.3) is 0 Å². The van der Waals surface area contributed by atoms with Gasteiger partial charge in [-0.25, -0.2) is 9.59 Å². The van der Waals surface area contributed by atoms with Crippen molar-refractivity contribution in [3.8, 4) is 0 Å². The third kappa shape index (κ3) is 15.4. The molecular weight excluding hydrogens is 1010 g/mol. The maximum Gasteiger partial charge on any atom is 0.338 e. The Bertz CT molecular complexity index is 2840. The first kappa shape index (κ1) is 55.7. The number of ether oxygens (including phenoxy) is 10. The maximum absolute atomic E-state index is 14.0. The summed E-state index contributed by atoms with van der Waals surface area (Å²) in [4.78, 5) is 27.9. The molecule has 0 aromatic heterocycles. The molecule has 0 radical (unpaired) electrons. The normalized spacial score (nSPS) is 22.7. The van der Waals surface area contributed by atoms with Crippen molar-refractivity contribution in [1.29, 1.82) is 0 Å². The van der Waals surface area contributed by atoms with Crippen molar-refractivity contribution in [2.45, 2.75) is 101 Å². The van der Waals surface area contributed by atoms with Crippen molar-refractivity contribution in [3.05, 3.63) is 287 Å². The van der Waals surface area contributed by atoms with Crippen LogP contribution in [0.2, 0.25) is 0 Å². The molecule has 12 heteroatoms. The van der Waals surface area contributed by atoms with E-state index >= 15 is 0 Å². The zero-order valence-electron chi connectivity index (χ0n) is 44.4. The maximum atomic E-state index is 14.0. The molecule has 8 aromatic carbocycles. The molecule has 0 spiro atoms. The molecule has 10 unspecified atom stereocenters. The van der Waals surface area contributed by atoms with E-state index in [1.165, 1.54) is 0 Å². The van der Waals surface area contributed by atoms with Crippen molar-refractivity contribution in [3.63, 3.8) is 0 Å². The minimum Gasteiger partial charge on any atom is -0.459 e. The van der Waals surface area contributed by atoms with Gasteiger partial charge in [0.2, 0.25) is 0 Å². The van der Waals surface area contributed by atoms with Gasteiger partial charge in [0.25, 0.3) is 0 Å². The van der Waals surface area contributed by atoms with Crippen LogP contribution in [0.5, 0.6) is 0 Å². The van der Waals surface area contributed by atoms with Crippen molar-refractivity contribution in [2.75, 3.05) is 13.2 Å². The van der Waals surface area contributed by atoms with Gasteiger partial charge in [0.1, 0.15) is 74.3 Å². The van der Waals surface area contributed by atoms with Crippen LogP contribution >= 0.6 is 0 Å². The first-order valence-electron chi connectivity index (χ1n) is 27.2. The summed E-state index contributed by atoms with van der Waals surface area (Å²) >= 11 is 0. The van der Waals surface area contributed by atoms with Crippen LogP contribution in [0.15, 0.2) is 243 Å². The second-order valence-electron chi connectivity index (χ2n) is 19.8. The molecule has 0 saturated carbocycles. The Morgan fingerprint density at radius 3 is 0.738 bits per heavy atom. The Kier molecular flexibility index (Phi) is 20.2. The smallest absolute Gasteiger partial charge is 0.338 e. The molecule has 2 heterocycles. The number of carbonyl (C=O) groups excluding carboxylic acids is 2. The van der Waals surface area contributed by atoms with Crippen molar-refractivity contribution in [1.82, 2.24) is 0 Å². The van der Waals surface area contributed by atoms with Crippen molar-refractivity contribution < 1.29 is 57.0 Å². The van der Waals surface area contributed by atoms with Crippen LogP contribution in [-0.4, -0.2) is 86.2 Å². The van der Waals surface area contributed by atoms with Crippen LogP contribution in [0.4, 0.5) is 0 Å². The van der Waals surface area contributed by atoms with Gasteiger partial charge in [-0.05, 0) is 57.6 Å². The Labute approximate surface area is 468 Å². The van der Waals surface area contributed by atoms with Gasteiger partial charge in [-0.2, -0.15) is 0 Å². The molecule has 80 heavy (non-hydrogen) atoms. The summed E-state index contributed by atoms with van der Waals surface area (Å²) in [6.07, 6.45) is -9.58. The molecule has 10 atom stereocenters. The second-order valence-corrected chi connectivity index (χ2v) is 19.8. The molecule has 0 aliphatic carbocycles. The number of benzene rings is 8. The molecule has 2 fully saturated rings. The third-order valence-electron chi connectivity index (χ3n) is 14.2. The first-order valence-corrected chi connectivity index (χ1v) is 27.2. The lowest BCUT2D eigenvalue weighted by molar-refractivity contribution is -0.331. The molecule has 0 bridgehead atoms. The van der Waals surface area contributed by atoms with Gasteiger partial charge in [0, 0.05) is 0 Å². The molecule has 2 saturated heterocycles. The van der Waals surface area contributed by atoms with Crippen LogP contribution in [0.3, 0.4) is 0 Å². The molecular formula is C68H66O12. The van der Waals surface area contributed by atoms with E-state index in [-0.39, 0.29) is 52.9 Å². The molecule has 10 rings (SSSR count). The van der Waals surface area contributed by atoms with E-state index in [0.717, 1.165) is 33.4 Å². The number of carbonyl (C=O) groups is 2. The summed E-state index contributed by atoms with van der Waals surface area (Å²) in [6, 6.07) is 76.8. The minimum atomic E-state index is -1.07. The summed E-state index contributed by atoms with van der Waals surface area (Å²) < 4.78 is 70.2. The van der Waals surface area contributed by atoms with E-state index in [0.29, 0.717) is 11.1 Å². The molecule has 8 aromatic rings. The number of hydrogen-bond donors (Lipinski definition) is 0. The zero-order chi connectivity index (χ0) is 54.6. The van der Waals surface area contributed by atoms with E-state index in [2.05, 4.69) is 0 Å². The van der Waals surface area contributed by atoms with Crippen LogP contribution < -0.4 is 0 Å². The van der Waals surface area contributed by atoms with E-state index in [9.17, 15) is 9.59 Å². The van der Waals surface area contributed by atoms with Gasteiger partial charge in [0.15, 0.2) is 0 Å². The molecule has 0 amide bonds. The lowest BCUT2D eigenvalue weighted by Gasteiger charge is -2.53. The quantitative estimate of drug-likeness (QED) is 0.0506. The molecule has 410 valence electrons. The van der Waals surface area contributed by atoms with Crippen LogP contribution in [-0.2, 0) is 87.0 Å². The number of esters is 2. The average Bonchev–Trinajstić information content (AvgIpc) is 3.60. The summed E-state index contributed by atoms with van der Waals surface area (Å²) in [6.45, 7) is 0.496. The van der Waals surface area contributed by atoms with Gasteiger partial charge in [-0.3, -0.25) is 0 Å². The summed E-state index contributed by atoms with van der Waals surface area (Å²) in [5.74, 6) is -1.08. The predicted molar refractivity (Wildman–Crippen MR) is 301 cm³/mol. The fourth-order valence-corrected chi connectivity index (χ4v) is 10.1. The number of hydrogen-bond acceptors (Lipinski definition) is 12. The summed E-state index contributed by atoms with van der Waals surface area (Å²) in [5, 5.41) is 0. The minimum absolute atomic E-state index is 0.146. The highest BCUT2D eigenvalue weighted by molar-refractivity contribution is 5.89. The van der Waals surface area contributed by atoms with E-state index in [1.807, 2.05) is 194 Å². The fourth-order valence-electron chi connectivity index (χ4n) is 10.1. The first-order chi connectivity index (χ1) is 39.5. The molecule has 0 N–H and O–H groups in total.